The molecule has 0 aliphatic carbocycles. The Morgan fingerprint density at radius 3 is 2.62 bits per heavy atom. The first kappa shape index (κ1) is 19.5. The quantitative estimate of drug-likeness (QED) is 0.620. The Kier molecular flexibility index (Phi) is 5.60. The normalized spacial score (nSPS) is 19.0. The van der Waals surface area contributed by atoms with Crippen molar-refractivity contribution in [2.45, 2.75) is 12.1 Å². The van der Waals surface area contributed by atoms with E-state index in [1.807, 2.05) is 44.4 Å². The predicted octanol–water partition coefficient (Wildman–Crippen LogP) is 4.01. The van der Waals surface area contributed by atoms with E-state index in [0.29, 0.717) is 10.9 Å². The zero-order valence-corrected chi connectivity index (χ0v) is 17.2. The van der Waals surface area contributed by atoms with E-state index in [4.69, 9.17) is 16.6 Å². The molecular formula is C22H23FN4OS. The van der Waals surface area contributed by atoms with Gasteiger partial charge in [-0.1, -0.05) is 6.07 Å². The first-order valence-electron chi connectivity index (χ1n) is 9.51. The van der Waals surface area contributed by atoms with Crippen molar-refractivity contribution in [3.63, 3.8) is 0 Å². The highest BCUT2D eigenvalue weighted by atomic mass is 32.1. The van der Waals surface area contributed by atoms with Crippen LogP contribution in [-0.4, -0.2) is 47.1 Å². The van der Waals surface area contributed by atoms with Crippen molar-refractivity contribution in [1.82, 2.24) is 20.1 Å². The van der Waals surface area contributed by atoms with Crippen LogP contribution in [0.2, 0.25) is 0 Å². The summed E-state index contributed by atoms with van der Waals surface area (Å²) < 4.78 is 19.5. The van der Waals surface area contributed by atoms with Crippen LogP contribution in [0, 0.1) is 5.82 Å². The molecule has 0 bridgehead atoms. The number of likely N-dealkylation sites (N-methyl/N-ethyl adjacent to an activating group) is 1. The Labute approximate surface area is 175 Å². The van der Waals surface area contributed by atoms with Gasteiger partial charge in [-0.3, -0.25) is 4.98 Å². The molecule has 1 aromatic carbocycles. The number of thiocarbonyl (C=S) groups is 1. The van der Waals surface area contributed by atoms with Crippen molar-refractivity contribution in [3.8, 4) is 11.3 Å². The Morgan fingerprint density at radius 1 is 1.14 bits per heavy atom. The van der Waals surface area contributed by atoms with Crippen molar-refractivity contribution < 1.29 is 8.81 Å². The molecule has 150 valence electrons. The molecule has 1 aliphatic heterocycles. The molecule has 0 amide bonds. The summed E-state index contributed by atoms with van der Waals surface area (Å²) in [4.78, 5) is 8.81. The van der Waals surface area contributed by atoms with Gasteiger partial charge in [0.1, 0.15) is 23.4 Å². The Morgan fingerprint density at radius 2 is 1.93 bits per heavy atom. The third-order valence-corrected chi connectivity index (χ3v) is 5.39. The molecule has 7 heteroatoms. The van der Waals surface area contributed by atoms with Crippen molar-refractivity contribution in [2.75, 3.05) is 27.2 Å². The van der Waals surface area contributed by atoms with E-state index in [1.165, 1.54) is 12.1 Å². The highest BCUT2D eigenvalue weighted by Crippen LogP contribution is 2.40. The standard InChI is InChI=1S/C22H23FN4OS/c1-26(2)13-14-27-21(20(25-22(27)29)17-5-3-4-12-24-17)19-11-10-18(28-19)15-6-8-16(23)9-7-15/h3-12,20-21H,13-14H2,1-2H3,(H,25,29)/t20-,21+/m0/s1. The van der Waals surface area contributed by atoms with Gasteiger partial charge in [-0.15, -0.1) is 0 Å². The number of aromatic nitrogens is 1. The zero-order valence-electron chi connectivity index (χ0n) is 16.4. The maximum atomic E-state index is 13.3. The summed E-state index contributed by atoms with van der Waals surface area (Å²) in [7, 11) is 4.08. The summed E-state index contributed by atoms with van der Waals surface area (Å²) in [6, 6.07) is 15.8. The Bertz CT molecular complexity index is 974. The minimum Gasteiger partial charge on any atom is -0.459 e. The van der Waals surface area contributed by atoms with Crippen LogP contribution in [0.4, 0.5) is 4.39 Å². The third-order valence-electron chi connectivity index (χ3n) is 5.03. The number of rotatable bonds is 6. The minimum absolute atomic E-state index is 0.113. The van der Waals surface area contributed by atoms with Gasteiger partial charge in [-0.25, -0.2) is 4.39 Å². The van der Waals surface area contributed by atoms with Gasteiger partial charge in [-0.05, 0) is 74.8 Å². The molecule has 3 heterocycles. The van der Waals surface area contributed by atoms with Crippen LogP contribution in [0.1, 0.15) is 23.5 Å². The van der Waals surface area contributed by atoms with Gasteiger partial charge >= 0.3 is 0 Å². The minimum atomic E-state index is -0.268. The summed E-state index contributed by atoms with van der Waals surface area (Å²) in [5, 5.41) is 4.10. The SMILES string of the molecule is CN(C)CCN1C(=S)N[C@@H](c2ccccn2)[C@H]1c1ccc(-c2ccc(F)cc2)o1. The van der Waals surface area contributed by atoms with Crippen LogP contribution in [0.15, 0.2) is 65.2 Å². The van der Waals surface area contributed by atoms with Gasteiger partial charge in [0.2, 0.25) is 0 Å². The van der Waals surface area contributed by atoms with Crippen molar-refractivity contribution in [3.05, 3.63) is 78.1 Å². The maximum absolute atomic E-state index is 13.3. The van der Waals surface area contributed by atoms with Gasteiger partial charge in [-0.2, -0.15) is 0 Å². The third kappa shape index (κ3) is 4.16. The average molecular weight is 411 g/mol. The van der Waals surface area contributed by atoms with E-state index in [0.717, 1.165) is 30.1 Å². The Hall–Kier alpha value is -2.77. The lowest BCUT2D eigenvalue weighted by Crippen LogP contribution is -2.35. The van der Waals surface area contributed by atoms with Gasteiger partial charge < -0.3 is 19.5 Å². The van der Waals surface area contributed by atoms with Gasteiger partial charge in [0, 0.05) is 24.8 Å². The summed E-state index contributed by atoms with van der Waals surface area (Å²) >= 11 is 5.65. The zero-order chi connectivity index (χ0) is 20.4. The fourth-order valence-corrected chi connectivity index (χ4v) is 3.88. The van der Waals surface area contributed by atoms with Crippen molar-refractivity contribution >= 4 is 17.3 Å². The van der Waals surface area contributed by atoms with Crippen LogP contribution in [0.25, 0.3) is 11.3 Å². The molecule has 1 saturated heterocycles. The van der Waals surface area contributed by atoms with Gasteiger partial charge in [0.15, 0.2) is 5.11 Å². The van der Waals surface area contributed by atoms with Crippen molar-refractivity contribution in [2.24, 2.45) is 0 Å². The molecule has 0 saturated carbocycles. The second kappa shape index (κ2) is 8.31. The number of nitrogens with zero attached hydrogens (tertiary/aromatic N) is 3. The van der Waals surface area contributed by atoms with Crippen LogP contribution < -0.4 is 5.32 Å². The van der Waals surface area contributed by atoms with E-state index in [1.54, 1.807) is 18.3 Å². The van der Waals surface area contributed by atoms with Gasteiger partial charge in [0.25, 0.3) is 0 Å². The lowest BCUT2D eigenvalue weighted by Gasteiger charge is -2.27. The number of benzene rings is 1. The second-order valence-corrected chi connectivity index (χ2v) is 7.72. The topological polar surface area (TPSA) is 44.5 Å². The largest absolute Gasteiger partial charge is 0.459 e. The van der Waals surface area contributed by atoms with Crippen molar-refractivity contribution in [1.29, 1.82) is 0 Å². The van der Waals surface area contributed by atoms with E-state index in [-0.39, 0.29) is 17.9 Å². The smallest absolute Gasteiger partial charge is 0.170 e. The number of furan rings is 1. The van der Waals surface area contributed by atoms with E-state index in [9.17, 15) is 4.39 Å². The first-order valence-corrected chi connectivity index (χ1v) is 9.92. The number of pyridine rings is 1. The average Bonchev–Trinajstić information content (AvgIpc) is 3.32. The molecule has 3 aromatic rings. The maximum Gasteiger partial charge on any atom is 0.170 e. The lowest BCUT2D eigenvalue weighted by molar-refractivity contribution is 0.250. The number of nitrogens with one attached hydrogen (secondary N) is 1. The van der Waals surface area contributed by atoms with E-state index < -0.39 is 0 Å². The monoisotopic (exact) mass is 410 g/mol. The molecule has 0 unspecified atom stereocenters. The summed E-state index contributed by atoms with van der Waals surface area (Å²) in [6.45, 7) is 1.62. The molecule has 2 aromatic heterocycles. The predicted molar refractivity (Wildman–Crippen MR) is 115 cm³/mol. The van der Waals surface area contributed by atoms with Gasteiger partial charge in [0.05, 0.1) is 11.7 Å². The van der Waals surface area contributed by atoms with Crippen LogP contribution in [0.5, 0.6) is 0 Å². The molecule has 0 spiro atoms. The summed E-state index contributed by atoms with van der Waals surface area (Å²) in [5.74, 6) is 1.23. The summed E-state index contributed by atoms with van der Waals surface area (Å²) in [6.07, 6.45) is 1.78. The molecule has 29 heavy (non-hydrogen) atoms. The number of halogens is 1. The molecule has 2 atom stereocenters. The van der Waals surface area contributed by atoms with E-state index in [2.05, 4.69) is 20.1 Å². The lowest BCUT2D eigenvalue weighted by atomic mass is 10.0. The molecule has 0 radical (unpaired) electrons. The molecular weight excluding hydrogens is 387 g/mol. The molecule has 4 rings (SSSR count). The molecule has 1 N–H and O–H groups in total. The van der Waals surface area contributed by atoms with Crippen LogP contribution in [-0.2, 0) is 0 Å². The highest BCUT2D eigenvalue weighted by Gasteiger charge is 2.41. The fraction of sp³-hybridized carbons (Fsp3) is 0.273. The number of hydrogen-bond donors (Lipinski definition) is 1. The Balaban J connectivity index is 1.69. The first-order chi connectivity index (χ1) is 14.0. The molecule has 1 aliphatic rings. The summed E-state index contributed by atoms with van der Waals surface area (Å²) in [5.41, 5.74) is 1.74. The van der Waals surface area contributed by atoms with E-state index >= 15 is 0 Å². The highest BCUT2D eigenvalue weighted by molar-refractivity contribution is 7.80. The fourth-order valence-electron chi connectivity index (χ4n) is 3.54. The molecule has 5 nitrogen and oxygen atoms in total. The second-order valence-electron chi connectivity index (χ2n) is 7.33. The van der Waals surface area contributed by atoms with Crippen LogP contribution >= 0.6 is 12.2 Å². The van der Waals surface area contributed by atoms with Crippen LogP contribution in [0.3, 0.4) is 0 Å². The molecule has 1 fully saturated rings. The number of hydrogen-bond acceptors (Lipinski definition) is 4.